The van der Waals surface area contributed by atoms with Crippen LogP contribution in [0.2, 0.25) is 0 Å². The second-order valence-electron chi connectivity index (χ2n) is 6.98. The maximum atomic E-state index is 13.1. The summed E-state index contributed by atoms with van der Waals surface area (Å²) in [5.41, 5.74) is 1.86. The quantitative estimate of drug-likeness (QED) is 0.576. The second kappa shape index (κ2) is 8.19. The first-order valence-corrected chi connectivity index (χ1v) is 10.2. The third kappa shape index (κ3) is 3.97. The Labute approximate surface area is 173 Å². The van der Waals surface area contributed by atoms with Crippen LogP contribution >= 0.6 is 15.9 Å². The number of rotatable bonds is 5. The molecule has 0 radical (unpaired) electrons. The van der Waals surface area contributed by atoms with Gasteiger partial charge in [0.1, 0.15) is 18.2 Å². The fraction of sp³-hybridized carbons (Fsp3) is 0.273. The monoisotopic (exact) mass is 439 g/mol. The van der Waals surface area contributed by atoms with Gasteiger partial charge in [0.05, 0.1) is 6.04 Å². The lowest BCUT2D eigenvalue weighted by Crippen LogP contribution is -2.30. The van der Waals surface area contributed by atoms with Gasteiger partial charge in [0, 0.05) is 36.0 Å². The van der Waals surface area contributed by atoms with Gasteiger partial charge in [-0.3, -0.25) is 4.79 Å². The minimum atomic E-state index is 0.0677. The van der Waals surface area contributed by atoms with Gasteiger partial charge in [-0.2, -0.15) is 0 Å². The summed E-state index contributed by atoms with van der Waals surface area (Å²) in [5, 5.41) is 0. The third-order valence-electron chi connectivity index (χ3n) is 5.14. The first-order chi connectivity index (χ1) is 13.6. The predicted octanol–water partition coefficient (Wildman–Crippen LogP) is 4.74. The molecule has 1 amide bonds. The summed E-state index contributed by atoms with van der Waals surface area (Å²) in [6, 6.07) is 15.7. The molecule has 28 heavy (non-hydrogen) atoms. The molecule has 6 heteroatoms. The molecule has 0 N–H and O–H groups in total. The van der Waals surface area contributed by atoms with E-state index in [-0.39, 0.29) is 11.9 Å². The van der Waals surface area contributed by atoms with Crippen LogP contribution in [-0.2, 0) is 13.7 Å². The van der Waals surface area contributed by atoms with Gasteiger partial charge in [-0.05, 0) is 54.8 Å². The van der Waals surface area contributed by atoms with Crippen LogP contribution in [0, 0.1) is 0 Å². The first kappa shape index (κ1) is 18.7. The Hall–Kier alpha value is -2.60. The number of nitrogens with zero attached hydrogens (tertiary/aromatic N) is 3. The molecular formula is C22H22BrN3O2. The highest BCUT2D eigenvalue weighted by molar-refractivity contribution is 9.10. The summed E-state index contributed by atoms with van der Waals surface area (Å²) in [7, 11) is 1.94. The van der Waals surface area contributed by atoms with Crippen LogP contribution in [0.1, 0.15) is 40.6 Å². The van der Waals surface area contributed by atoms with Crippen molar-refractivity contribution in [1.82, 2.24) is 14.5 Å². The van der Waals surface area contributed by atoms with Crippen LogP contribution < -0.4 is 4.74 Å². The number of aromatic nitrogens is 2. The van der Waals surface area contributed by atoms with Crippen LogP contribution in [-0.4, -0.2) is 26.9 Å². The van der Waals surface area contributed by atoms with E-state index in [4.69, 9.17) is 4.74 Å². The highest BCUT2D eigenvalue weighted by Crippen LogP contribution is 2.34. The molecule has 5 nitrogen and oxygen atoms in total. The standard InChI is InChI=1S/C22H22BrN3O2/c1-25-13-11-24-21(25)15-28-19-9-7-16(8-10-19)22(27)26-12-3-6-20(26)17-4-2-5-18(23)14-17/h2,4-5,7-11,13-14,20H,3,6,12,15H2,1H3. The SMILES string of the molecule is Cn1ccnc1COc1ccc(C(=O)N2CCCC2c2cccc(Br)c2)cc1. The average molecular weight is 440 g/mol. The first-order valence-electron chi connectivity index (χ1n) is 9.37. The fourth-order valence-corrected chi connectivity index (χ4v) is 4.03. The van der Waals surface area contributed by atoms with Gasteiger partial charge in [0.15, 0.2) is 0 Å². The number of ether oxygens (including phenoxy) is 1. The summed E-state index contributed by atoms with van der Waals surface area (Å²) < 4.78 is 8.75. The number of aryl methyl sites for hydroxylation is 1. The van der Waals surface area contributed by atoms with Crippen molar-refractivity contribution >= 4 is 21.8 Å². The van der Waals surface area contributed by atoms with Crippen molar-refractivity contribution in [1.29, 1.82) is 0 Å². The Balaban J connectivity index is 1.44. The van der Waals surface area contributed by atoms with Crippen LogP contribution in [0.25, 0.3) is 0 Å². The Morgan fingerprint density at radius 1 is 1.25 bits per heavy atom. The largest absolute Gasteiger partial charge is 0.486 e. The molecule has 1 fully saturated rings. The molecule has 1 unspecified atom stereocenters. The van der Waals surface area contributed by atoms with E-state index in [1.807, 2.05) is 59.1 Å². The van der Waals surface area contributed by atoms with E-state index >= 15 is 0 Å². The molecule has 0 saturated carbocycles. The number of benzene rings is 2. The lowest BCUT2D eigenvalue weighted by Gasteiger charge is -2.25. The molecule has 4 rings (SSSR count). The number of imidazole rings is 1. The molecule has 0 bridgehead atoms. The van der Waals surface area contributed by atoms with Gasteiger partial charge >= 0.3 is 0 Å². The Bertz CT molecular complexity index is 968. The van der Waals surface area contributed by atoms with Crippen molar-refractivity contribution in [3.05, 3.63) is 82.3 Å². The zero-order valence-corrected chi connectivity index (χ0v) is 17.3. The van der Waals surface area contributed by atoms with Crippen molar-refractivity contribution in [3.63, 3.8) is 0 Å². The van der Waals surface area contributed by atoms with E-state index in [9.17, 15) is 4.79 Å². The van der Waals surface area contributed by atoms with E-state index in [1.165, 1.54) is 5.56 Å². The predicted molar refractivity (Wildman–Crippen MR) is 111 cm³/mol. The maximum Gasteiger partial charge on any atom is 0.254 e. The highest BCUT2D eigenvalue weighted by atomic mass is 79.9. The van der Waals surface area contributed by atoms with E-state index in [2.05, 4.69) is 33.0 Å². The molecule has 2 heterocycles. The van der Waals surface area contributed by atoms with Crippen molar-refractivity contribution < 1.29 is 9.53 Å². The van der Waals surface area contributed by atoms with Gasteiger partial charge in [0.2, 0.25) is 0 Å². The maximum absolute atomic E-state index is 13.1. The lowest BCUT2D eigenvalue weighted by atomic mass is 10.0. The molecule has 1 aromatic heterocycles. The van der Waals surface area contributed by atoms with Gasteiger partial charge in [-0.25, -0.2) is 4.98 Å². The van der Waals surface area contributed by atoms with Crippen LogP contribution in [0.4, 0.5) is 0 Å². The van der Waals surface area contributed by atoms with E-state index in [1.54, 1.807) is 6.20 Å². The number of carbonyl (C=O) groups is 1. The number of hydrogen-bond acceptors (Lipinski definition) is 3. The lowest BCUT2D eigenvalue weighted by molar-refractivity contribution is 0.0735. The smallest absolute Gasteiger partial charge is 0.254 e. The number of amides is 1. The van der Waals surface area contributed by atoms with Crippen LogP contribution in [0.15, 0.2) is 65.4 Å². The summed E-state index contributed by atoms with van der Waals surface area (Å²) in [6.45, 7) is 1.18. The average Bonchev–Trinajstić information content (AvgIpc) is 3.35. The fourth-order valence-electron chi connectivity index (χ4n) is 3.61. The van der Waals surface area contributed by atoms with E-state index in [0.29, 0.717) is 12.2 Å². The zero-order chi connectivity index (χ0) is 19.5. The molecule has 3 aromatic rings. The molecular weight excluding hydrogens is 418 g/mol. The van der Waals surface area contributed by atoms with E-state index < -0.39 is 0 Å². The normalized spacial score (nSPS) is 16.4. The summed E-state index contributed by atoms with van der Waals surface area (Å²) >= 11 is 3.53. The molecule has 144 valence electrons. The topological polar surface area (TPSA) is 47.4 Å². The van der Waals surface area contributed by atoms with Gasteiger partial charge in [-0.1, -0.05) is 28.1 Å². The number of carbonyl (C=O) groups excluding carboxylic acids is 1. The van der Waals surface area contributed by atoms with Crippen LogP contribution in [0.5, 0.6) is 5.75 Å². The molecule has 1 aliphatic heterocycles. The van der Waals surface area contributed by atoms with Gasteiger partial charge in [-0.15, -0.1) is 0 Å². The third-order valence-corrected chi connectivity index (χ3v) is 5.63. The van der Waals surface area contributed by atoms with E-state index in [0.717, 1.165) is 35.4 Å². The molecule has 2 aromatic carbocycles. The Morgan fingerprint density at radius 3 is 2.79 bits per heavy atom. The van der Waals surface area contributed by atoms with Crippen molar-refractivity contribution in [2.24, 2.45) is 7.05 Å². The van der Waals surface area contributed by atoms with Gasteiger partial charge in [0.25, 0.3) is 5.91 Å². The number of hydrogen-bond donors (Lipinski definition) is 0. The molecule has 1 aliphatic rings. The Kier molecular flexibility index (Phi) is 5.48. The number of likely N-dealkylation sites (tertiary alicyclic amines) is 1. The minimum Gasteiger partial charge on any atom is -0.486 e. The summed E-state index contributed by atoms with van der Waals surface area (Å²) in [5.74, 6) is 1.65. The van der Waals surface area contributed by atoms with Crippen molar-refractivity contribution in [3.8, 4) is 5.75 Å². The summed E-state index contributed by atoms with van der Waals surface area (Å²) in [6.07, 6.45) is 5.65. The molecule has 1 atom stereocenters. The molecule has 1 saturated heterocycles. The summed E-state index contributed by atoms with van der Waals surface area (Å²) in [4.78, 5) is 19.3. The molecule has 0 aliphatic carbocycles. The second-order valence-corrected chi connectivity index (χ2v) is 7.89. The molecule has 0 spiro atoms. The van der Waals surface area contributed by atoms with Crippen molar-refractivity contribution in [2.75, 3.05) is 6.54 Å². The van der Waals surface area contributed by atoms with Crippen molar-refractivity contribution in [2.45, 2.75) is 25.5 Å². The van der Waals surface area contributed by atoms with Gasteiger partial charge < -0.3 is 14.2 Å². The minimum absolute atomic E-state index is 0.0677. The zero-order valence-electron chi connectivity index (χ0n) is 15.7. The number of halogens is 1. The Morgan fingerprint density at radius 2 is 2.07 bits per heavy atom. The van der Waals surface area contributed by atoms with Crippen LogP contribution in [0.3, 0.4) is 0 Å². The highest BCUT2D eigenvalue weighted by Gasteiger charge is 2.30.